The summed E-state index contributed by atoms with van der Waals surface area (Å²) in [6.45, 7) is 9.72. The Bertz CT molecular complexity index is 306. The molecule has 0 atom stereocenters. The van der Waals surface area contributed by atoms with E-state index >= 15 is 0 Å². The molecule has 0 fully saturated rings. The van der Waals surface area contributed by atoms with E-state index in [-0.39, 0.29) is 11.3 Å². The van der Waals surface area contributed by atoms with Crippen molar-refractivity contribution >= 4 is 5.97 Å². The van der Waals surface area contributed by atoms with Gasteiger partial charge in [-0.2, -0.15) is 0 Å². The predicted molar refractivity (Wildman–Crippen MR) is 66.9 cm³/mol. The van der Waals surface area contributed by atoms with Gasteiger partial charge in [-0.25, -0.2) is 4.79 Å². The monoisotopic (exact) mass is 226 g/mol. The van der Waals surface area contributed by atoms with Crippen LogP contribution in [0.25, 0.3) is 0 Å². The summed E-state index contributed by atoms with van der Waals surface area (Å²) >= 11 is 0. The summed E-state index contributed by atoms with van der Waals surface area (Å²) in [5, 5.41) is 9.40. The predicted octanol–water partition coefficient (Wildman–Crippen LogP) is 3.54. The molecule has 3 nitrogen and oxygen atoms in total. The van der Waals surface area contributed by atoms with Gasteiger partial charge in [0.2, 0.25) is 0 Å². The molecule has 0 amide bonds. The van der Waals surface area contributed by atoms with E-state index in [0.717, 1.165) is 0 Å². The quantitative estimate of drug-likeness (QED) is 0.745. The number of hydrogen-bond acceptors (Lipinski definition) is 3. The number of hydrogen-bond donors (Lipinski definition) is 1. The Labute approximate surface area is 98.1 Å². The summed E-state index contributed by atoms with van der Waals surface area (Å²) < 4.78 is 4.47. The lowest BCUT2D eigenvalue weighted by atomic mass is 10.1. The zero-order valence-electron chi connectivity index (χ0n) is 11.0. The third-order valence-corrected chi connectivity index (χ3v) is 1.64. The number of esters is 1. The van der Waals surface area contributed by atoms with E-state index in [0.29, 0.717) is 5.56 Å². The number of benzene rings is 1. The number of methoxy groups -OCH3 is 1. The Morgan fingerprint density at radius 1 is 1.19 bits per heavy atom. The van der Waals surface area contributed by atoms with E-state index in [1.54, 1.807) is 19.1 Å². The second-order valence-electron chi connectivity index (χ2n) is 2.46. The molecular weight excluding hydrogens is 204 g/mol. The summed E-state index contributed by atoms with van der Waals surface area (Å²) in [6.07, 6.45) is 0. The second kappa shape index (κ2) is 10.0. The Kier molecular flexibility index (Phi) is 10.6. The molecule has 0 aromatic heterocycles. The minimum atomic E-state index is -0.517. The summed E-state index contributed by atoms with van der Waals surface area (Å²) in [7, 11) is 1.28. The largest absolute Gasteiger partial charge is 0.507 e. The van der Waals surface area contributed by atoms with Crippen LogP contribution >= 0.6 is 0 Å². The van der Waals surface area contributed by atoms with Gasteiger partial charge in [0.15, 0.2) is 0 Å². The Morgan fingerprint density at radius 2 is 1.69 bits per heavy atom. The van der Waals surface area contributed by atoms with Crippen molar-refractivity contribution in [1.29, 1.82) is 0 Å². The van der Waals surface area contributed by atoms with Crippen LogP contribution in [0, 0.1) is 6.92 Å². The molecular formula is C13H22O3. The van der Waals surface area contributed by atoms with Crippen LogP contribution in [0.4, 0.5) is 0 Å². The normalized spacial score (nSPS) is 7.88. The number of aromatic hydroxyl groups is 1. The average molecular weight is 226 g/mol. The van der Waals surface area contributed by atoms with Gasteiger partial charge in [0.25, 0.3) is 0 Å². The molecule has 1 rings (SSSR count). The number of aryl methyl sites for hydroxylation is 1. The van der Waals surface area contributed by atoms with E-state index < -0.39 is 5.97 Å². The van der Waals surface area contributed by atoms with Gasteiger partial charge in [-0.15, -0.1) is 0 Å². The van der Waals surface area contributed by atoms with Crippen molar-refractivity contribution in [1.82, 2.24) is 0 Å². The molecule has 1 aromatic rings. The number of carbonyl (C=O) groups is 1. The molecule has 16 heavy (non-hydrogen) atoms. The summed E-state index contributed by atoms with van der Waals surface area (Å²) in [4.78, 5) is 11.0. The maximum atomic E-state index is 11.0. The van der Waals surface area contributed by atoms with Crippen LogP contribution in [0.15, 0.2) is 18.2 Å². The zero-order valence-corrected chi connectivity index (χ0v) is 11.0. The highest BCUT2D eigenvalue weighted by Gasteiger charge is 2.11. The SMILES string of the molecule is CC.CC.COC(=O)c1cccc(C)c1O. The van der Waals surface area contributed by atoms with Gasteiger partial charge in [-0.1, -0.05) is 39.8 Å². The lowest BCUT2D eigenvalue weighted by molar-refractivity contribution is 0.0597. The summed E-state index contributed by atoms with van der Waals surface area (Å²) in [5.41, 5.74) is 0.871. The van der Waals surface area contributed by atoms with Crippen molar-refractivity contribution in [3.63, 3.8) is 0 Å². The van der Waals surface area contributed by atoms with Gasteiger partial charge in [0.05, 0.1) is 7.11 Å². The Hall–Kier alpha value is -1.51. The Morgan fingerprint density at radius 3 is 2.12 bits per heavy atom. The van der Waals surface area contributed by atoms with E-state index in [9.17, 15) is 9.90 Å². The zero-order chi connectivity index (χ0) is 13.1. The highest BCUT2D eigenvalue weighted by atomic mass is 16.5. The third-order valence-electron chi connectivity index (χ3n) is 1.64. The number of phenolic OH excluding ortho intramolecular Hbond substituents is 1. The number of rotatable bonds is 1. The van der Waals surface area contributed by atoms with E-state index in [4.69, 9.17) is 0 Å². The molecule has 0 bridgehead atoms. The third kappa shape index (κ3) is 4.82. The smallest absolute Gasteiger partial charge is 0.341 e. The summed E-state index contributed by atoms with van der Waals surface area (Å²) in [5.74, 6) is -0.527. The van der Waals surface area contributed by atoms with Crippen molar-refractivity contribution < 1.29 is 14.6 Å². The highest BCUT2D eigenvalue weighted by molar-refractivity contribution is 5.92. The van der Waals surface area contributed by atoms with Crippen LogP contribution in [0.5, 0.6) is 5.75 Å². The molecule has 1 aromatic carbocycles. The van der Waals surface area contributed by atoms with Crippen LogP contribution in [0.1, 0.15) is 43.6 Å². The molecule has 92 valence electrons. The lowest BCUT2D eigenvalue weighted by Crippen LogP contribution is -2.01. The molecule has 0 spiro atoms. The van der Waals surface area contributed by atoms with Crippen LogP contribution in [0.2, 0.25) is 0 Å². The molecule has 0 radical (unpaired) electrons. The fourth-order valence-electron chi connectivity index (χ4n) is 0.934. The lowest BCUT2D eigenvalue weighted by Gasteiger charge is -2.03. The van der Waals surface area contributed by atoms with Crippen LogP contribution in [0.3, 0.4) is 0 Å². The molecule has 1 N–H and O–H groups in total. The first-order valence-corrected chi connectivity index (χ1v) is 5.53. The van der Waals surface area contributed by atoms with Gasteiger partial charge >= 0.3 is 5.97 Å². The summed E-state index contributed by atoms with van der Waals surface area (Å²) in [6, 6.07) is 4.94. The molecule has 0 saturated carbocycles. The van der Waals surface area contributed by atoms with Gasteiger partial charge in [0.1, 0.15) is 11.3 Å². The first-order chi connectivity index (χ1) is 7.66. The molecule has 0 aliphatic rings. The molecule has 3 heteroatoms. The number of ether oxygens (including phenoxy) is 1. The van der Waals surface area contributed by atoms with Crippen LogP contribution in [-0.4, -0.2) is 18.2 Å². The minimum Gasteiger partial charge on any atom is -0.507 e. The first kappa shape index (κ1) is 16.9. The van der Waals surface area contributed by atoms with Crippen molar-refractivity contribution in [3.8, 4) is 5.75 Å². The highest BCUT2D eigenvalue weighted by Crippen LogP contribution is 2.21. The van der Waals surface area contributed by atoms with Crippen molar-refractivity contribution in [3.05, 3.63) is 29.3 Å². The van der Waals surface area contributed by atoms with E-state index in [2.05, 4.69) is 4.74 Å². The maximum Gasteiger partial charge on any atom is 0.341 e. The fraction of sp³-hybridized carbons (Fsp3) is 0.462. The van der Waals surface area contributed by atoms with Crippen LogP contribution < -0.4 is 0 Å². The van der Waals surface area contributed by atoms with E-state index in [1.165, 1.54) is 13.2 Å². The molecule has 0 unspecified atom stereocenters. The molecule has 0 heterocycles. The minimum absolute atomic E-state index is 0.00986. The van der Waals surface area contributed by atoms with Gasteiger partial charge < -0.3 is 9.84 Å². The van der Waals surface area contributed by atoms with E-state index in [1.807, 2.05) is 27.7 Å². The first-order valence-electron chi connectivity index (χ1n) is 5.53. The van der Waals surface area contributed by atoms with Gasteiger partial charge in [-0.05, 0) is 18.6 Å². The number of phenols is 1. The van der Waals surface area contributed by atoms with Crippen molar-refractivity contribution in [2.45, 2.75) is 34.6 Å². The van der Waals surface area contributed by atoms with Crippen molar-refractivity contribution in [2.75, 3.05) is 7.11 Å². The number of para-hydroxylation sites is 1. The second-order valence-corrected chi connectivity index (χ2v) is 2.46. The van der Waals surface area contributed by atoms with Gasteiger partial charge in [-0.3, -0.25) is 0 Å². The molecule has 0 saturated heterocycles. The average Bonchev–Trinajstić information content (AvgIpc) is 2.37. The molecule has 0 aliphatic heterocycles. The maximum absolute atomic E-state index is 11.0. The van der Waals surface area contributed by atoms with Crippen molar-refractivity contribution in [2.24, 2.45) is 0 Å². The molecule has 0 aliphatic carbocycles. The van der Waals surface area contributed by atoms with Gasteiger partial charge in [0, 0.05) is 0 Å². The fourth-order valence-corrected chi connectivity index (χ4v) is 0.934. The standard InChI is InChI=1S/C9H10O3.2C2H6/c1-6-4-3-5-7(8(6)10)9(11)12-2;2*1-2/h3-5,10H,1-2H3;2*1-2H3. The van der Waals surface area contributed by atoms with Crippen LogP contribution in [-0.2, 0) is 4.74 Å². The number of carbonyl (C=O) groups excluding carboxylic acids is 1. The Balaban J connectivity index is 0. The topological polar surface area (TPSA) is 46.5 Å².